The zero-order valence-corrected chi connectivity index (χ0v) is 88.5. The van der Waals surface area contributed by atoms with Gasteiger partial charge in [-0.25, -0.2) is 9.59 Å². The van der Waals surface area contributed by atoms with Crippen molar-refractivity contribution in [2.45, 2.75) is 314 Å². The third-order valence-electron chi connectivity index (χ3n) is 24.0. The van der Waals surface area contributed by atoms with Gasteiger partial charge in [-0.15, -0.1) is 0 Å². The summed E-state index contributed by atoms with van der Waals surface area (Å²) in [5.41, 5.74) is 8.64. The van der Waals surface area contributed by atoms with Crippen LogP contribution in [0.2, 0.25) is 0 Å². The van der Waals surface area contributed by atoms with Crippen LogP contribution < -0.4 is 85.9 Å². The number of nitrogens with one attached hydrogen (secondary N) is 14. The number of carboxylic acids is 1. The topological polar surface area (TPSA) is 559 Å². The van der Waals surface area contributed by atoms with Gasteiger partial charge in [0.1, 0.15) is 94.3 Å². The number of carbonyl (C=O) groups excluding carboxylic acids is 16. The van der Waals surface area contributed by atoms with Crippen molar-refractivity contribution in [1.29, 1.82) is 0 Å². The van der Waals surface area contributed by atoms with Crippen molar-refractivity contribution in [2.75, 3.05) is 13.1 Å². The molecule has 7 aromatic rings. The molecule has 0 saturated heterocycles. The van der Waals surface area contributed by atoms with Crippen molar-refractivity contribution < 1.29 is 101 Å². The summed E-state index contributed by atoms with van der Waals surface area (Å²) in [6.45, 7) is 26.9. The summed E-state index contributed by atoms with van der Waals surface area (Å²) in [6, 6.07) is 44.7. The molecule has 14 amide bonds. The summed E-state index contributed by atoms with van der Waals surface area (Å²) >= 11 is 0. The van der Waals surface area contributed by atoms with E-state index >= 15 is 43.2 Å². The highest BCUT2D eigenvalue weighted by Gasteiger charge is 2.44. The molecule has 0 bridgehead atoms. The van der Waals surface area contributed by atoms with Gasteiger partial charge in [-0.05, 0) is 212 Å². The third kappa shape index (κ3) is 39.8. The smallest absolute Gasteiger partial charge is 0.407 e. The molecule has 7 aromatic carbocycles. The number of ether oxygens (including phenoxy) is 3. The Balaban J connectivity index is 1.31. The highest BCUT2D eigenvalue weighted by molar-refractivity contribution is 6.01. The van der Waals surface area contributed by atoms with Gasteiger partial charge in [0, 0.05) is 32.2 Å². The number of esters is 2. The van der Waals surface area contributed by atoms with Crippen LogP contribution in [0, 0.1) is 11.8 Å². The molecule has 0 radical (unpaired) electrons. The van der Waals surface area contributed by atoms with Gasteiger partial charge in [-0.1, -0.05) is 240 Å². The maximum atomic E-state index is 15.8. The average molecular weight is 2060 g/mol. The molecule has 0 fully saturated rings. The van der Waals surface area contributed by atoms with Gasteiger partial charge >= 0.3 is 24.0 Å². The summed E-state index contributed by atoms with van der Waals surface area (Å²) in [4.78, 5) is 249. The number of aliphatic carboxylic acids is 1. The Morgan fingerprint density at radius 1 is 0.322 bits per heavy atom. The van der Waals surface area contributed by atoms with E-state index in [0.29, 0.717) is 51.8 Å². The van der Waals surface area contributed by atoms with E-state index in [9.17, 15) is 43.5 Å². The van der Waals surface area contributed by atoms with Crippen LogP contribution in [0.4, 0.5) is 4.79 Å². The van der Waals surface area contributed by atoms with Gasteiger partial charge in [0.15, 0.2) is 0 Å². The number of hydrogen-bond donors (Lipinski definition) is 17. The summed E-state index contributed by atoms with van der Waals surface area (Å²) in [5, 5.41) is 48.3. The number of benzene rings is 7. The van der Waals surface area contributed by atoms with E-state index in [0.717, 1.165) is 0 Å². The van der Waals surface area contributed by atoms with E-state index in [-0.39, 0.29) is 57.5 Å². The fraction of sp³-hybridized carbons (Fsp3) is 0.473. The first-order valence-electron chi connectivity index (χ1n) is 50.7. The van der Waals surface area contributed by atoms with Crippen LogP contribution in [-0.2, 0) is 108 Å². The molecule has 0 spiro atoms. The number of carbonyl (C=O) groups is 17. The molecule has 37 nitrogen and oxygen atoms in total. The summed E-state index contributed by atoms with van der Waals surface area (Å²) in [6.07, 6.45) is -4.37. The van der Waals surface area contributed by atoms with Gasteiger partial charge in [0.2, 0.25) is 76.8 Å². The number of hydrogen-bond acceptors (Lipinski definition) is 22. The van der Waals surface area contributed by atoms with Crippen LogP contribution in [0.1, 0.15) is 247 Å². The van der Waals surface area contributed by atoms with E-state index in [2.05, 4.69) is 74.4 Å². The maximum absolute atomic E-state index is 15.8. The Morgan fingerprint density at radius 2 is 0.638 bits per heavy atom. The van der Waals surface area contributed by atoms with Crippen molar-refractivity contribution in [3.8, 4) is 0 Å². The van der Waals surface area contributed by atoms with Crippen molar-refractivity contribution in [3.63, 3.8) is 0 Å². The van der Waals surface area contributed by atoms with Crippen LogP contribution in [0.3, 0.4) is 0 Å². The molecule has 149 heavy (non-hydrogen) atoms. The Kier molecular flexibility index (Phi) is 46.8. The average Bonchev–Trinajstić information content (AvgIpc) is 0.755. The fourth-order valence-corrected chi connectivity index (χ4v) is 16.5. The Hall–Kier alpha value is -14.8. The first-order chi connectivity index (χ1) is 70.2. The second-order valence-corrected chi connectivity index (χ2v) is 41.5. The number of nitrogens with two attached hydrogens (primary N) is 2. The standard InChI is InChI=1S/C112H152N16O21/c1-70(2)67-86(125-105(145)110(16,17)114)100(139)124-88(69-92(132)148-108(10,11)12)101(140)120-81(57-40-42-66-115-106(146)149-109(13,14)15)98(137)121-83(60-63-90(130)128-112(78-51-33-22-34-52-78,79-53-35-23-36-54-79)80-55-37-24-38-56-80)97(136)117-72(5)94(133)118-82(59-62-89(129)127-111(75-45-27-19-28-46-75,76-47-29-20-30-48-76)77-49-31-21-32-50-77)96(135)116-73(6)95(134)119-84(61-64-91(131)147-107(7,8)9)99(138)123-87(68-74-43-25-18-26-44-74)102(141)126-93(71(3)4)103(142)122-85(104(143)144)58-39-41-65-113/h18-38,43-56,70-73,81-88,93H,39-42,57-69,113-114H2,1-17H3,(H,115,146)(H,116,135)(H,117,136)(H,118,133)(H,119,134)(H,120,140)(H,121,137)(H,122,142)(H,123,138)(H,124,139)(H,125,145)(H,126,141)(H,127,129)(H,128,130)(H,143,144)/t72-,73-,81-,82-,83-,84-,85-,86-,87-,88-,93-/m0/s1. The first-order valence-corrected chi connectivity index (χ1v) is 50.7. The lowest BCUT2D eigenvalue weighted by atomic mass is 9.77. The van der Waals surface area contributed by atoms with Gasteiger partial charge in [-0.3, -0.25) is 71.9 Å². The van der Waals surface area contributed by atoms with E-state index in [4.69, 9.17) is 25.7 Å². The highest BCUT2D eigenvalue weighted by Crippen LogP contribution is 2.39. The van der Waals surface area contributed by atoms with Crippen LogP contribution >= 0.6 is 0 Å². The molecule has 806 valence electrons. The SMILES string of the molecule is CC(C)C[C@H](NC(=O)C(C)(C)N)C(=O)N[C@@H](CC(=O)OC(C)(C)C)C(=O)N[C@@H](CCCCNC(=O)OC(C)(C)C)C(=O)N[C@@H](CCC(=O)NC(c1ccccc1)(c1ccccc1)c1ccccc1)C(=O)N[C@@H](C)C(=O)N[C@@H](CCC(=O)NC(c1ccccc1)(c1ccccc1)c1ccccc1)C(=O)N[C@@H](C)C(=O)N[C@@H](CCC(=O)OC(C)(C)C)C(=O)N[C@@H](Cc1ccccc1)C(=O)N[C@H](C(=O)N[C@@H](CCCCN)C(=O)O)C(C)C. The molecule has 0 unspecified atom stereocenters. The van der Waals surface area contributed by atoms with Crippen LogP contribution in [0.15, 0.2) is 212 Å². The minimum absolute atomic E-state index is 0.0172. The summed E-state index contributed by atoms with van der Waals surface area (Å²) < 4.78 is 16.7. The second kappa shape index (κ2) is 57.5. The van der Waals surface area contributed by atoms with E-state index in [1.807, 2.05) is 72.8 Å². The normalized spacial score (nSPS) is 14.0. The number of carboxylic acid groups (broad SMARTS) is 1. The third-order valence-corrected chi connectivity index (χ3v) is 24.0. The highest BCUT2D eigenvalue weighted by atomic mass is 16.6. The predicted octanol–water partition coefficient (Wildman–Crippen LogP) is 8.58. The van der Waals surface area contributed by atoms with Crippen LogP contribution in [-0.4, -0.2) is 208 Å². The second-order valence-electron chi connectivity index (χ2n) is 41.5. The lowest BCUT2D eigenvalue weighted by molar-refractivity contribution is -0.157. The Morgan fingerprint density at radius 3 is 1.01 bits per heavy atom. The number of amides is 14. The molecule has 7 rings (SSSR count). The molecule has 0 aliphatic heterocycles. The van der Waals surface area contributed by atoms with Gasteiger partial charge in [-0.2, -0.15) is 0 Å². The Labute approximate surface area is 873 Å². The zero-order chi connectivity index (χ0) is 110. The zero-order valence-electron chi connectivity index (χ0n) is 88.5. The van der Waals surface area contributed by atoms with E-state index in [1.54, 1.807) is 230 Å². The van der Waals surface area contributed by atoms with Gasteiger partial charge < -0.3 is 105 Å². The monoisotopic (exact) mass is 2060 g/mol. The molecule has 0 saturated carbocycles. The molecule has 0 aliphatic carbocycles. The fourth-order valence-electron chi connectivity index (χ4n) is 16.5. The van der Waals surface area contributed by atoms with Gasteiger partial charge in [0.05, 0.1) is 12.0 Å². The number of rotatable bonds is 56. The van der Waals surface area contributed by atoms with Gasteiger partial charge in [0.25, 0.3) is 0 Å². The Bertz CT molecular complexity index is 5410. The lowest BCUT2D eigenvalue weighted by Gasteiger charge is -2.37. The molecule has 0 heterocycles. The van der Waals surface area contributed by atoms with Crippen LogP contribution in [0.25, 0.3) is 0 Å². The summed E-state index contributed by atoms with van der Waals surface area (Å²) in [7, 11) is 0. The van der Waals surface area contributed by atoms with E-state index < -0.39 is 252 Å². The molecular weight excluding hydrogens is 1910 g/mol. The minimum atomic E-state index is -1.86. The molecule has 37 heteroatoms. The molecule has 19 N–H and O–H groups in total. The molecule has 11 atom stereocenters. The van der Waals surface area contributed by atoms with Crippen molar-refractivity contribution in [1.82, 2.24) is 74.4 Å². The number of unbranched alkanes of at least 4 members (excludes halogenated alkanes) is 2. The van der Waals surface area contributed by atoms with Crippen molar-refractivity contribution in [2.24, 2.45) is 23.3 Å². The van der Waals surface area contributed by atoms with Crippen LogP contribution in [0.5, 0.6) is 0 Å². The van der Waals surface area contributed by atoms with E-state index in [1.165, 1.54) is 27.7 Å². The number of alkyl carbamates (subject to hydrolysis) is 1. The largest absolute Gasteiger partial charge is 0.480 e. The van der Waals surface area contributed by atoms with Crippen molar-refractivity contribution >= 4 is 101 Å². The van der Waals surface area contributed by atoms with Crippen molar-refractivity contribution in [3.05, 3.63) is 251 Å². The molecule has 0 aliphatic rings. The molecule has 0 aromatic heterocycles. The maximum Gasteiger partial charge on any atom is 0.407 e. The quantitative estimate of drug-likeness (QED) is 0.00734. The predicted molar refractivity (Wildman–Crippen MR) is 563 cm³/mol. The summed E-state index contributed by atoms with van der Waals surface area (Å²) in [5.74, 6) is -16.5. The first kappa shape index (κ1) is 121. The lowest BCUT2D eigenvalue weighted by Crippen LogP contribution is -2.61. The molecular formula is C112H152N16O21. The minimum Gasteiger partial charge on any atom is -0.480 e.